The van der Waals surface area contributed by atoms with Crippen molar-refractivity contribution in [2.45, 2.75) is 12.8 Å². The summed E-state index contributed by atoms with van der Waals surface area (Å²) in [6, 6.07) is 10.1. The molecular formula is C13H16FNO. The molecule has 0 aliphatic carbocycles. The summed E-state index contributed by atoms with van der Waals surface area (Å²) in [4.78, 5) is 13.3. The van der Waals surface area contributed by atoms with Crippen LogP contribution in [-0.2, 0) is 11.2 Å². The van der Waals surface area contributed by atoms with Crippen molar-refractivity contribution in [3.05, 3.63) is 35.9 Å². The minimum atomic E-state index is -0.381. The number of benzene rings is 1. The number of hydrogen-bond acceptors (Lipinski definition) is 1. The summed E-state index contributed by atoms with van der Waals surface area (Å²) in [5, 5.41) is 0. The van der Waals surface area contributed by atoms with Crippen molar-refractivity contribution in [1.29, 1.82) is 0 Å². The largest absolute Gasteiger partial charge is 0.342 e. The van der Waals surface area contributed by atoms with Crippen LogP contribution in [0.5, 0.6) is 0 Å². The van der Waals surface area contributed by atoms with Crippen molar-refractivity contribution in [2.75, 3.05) is 19.8 Å². The molecular weight excluding hydrogens is 205 g/mol. The van der Waals surface area contributed by atoms with Gasteiger partial charge in [0.1, 0.15) is 0 Å². The second-order valence-electron chi connectivity index (χ2n) is 4.30. The van der Waals surface area contributed by atoms with Crippen LogP contribution in [0.3, 0.4) is 0 Å². The molecule has 2 nitrogen and oxygen atoms in total. The van der Waals surface area contributed by atoms with Gasteiger partial charge in [0, 0.05) is 25.4 Å². The molecule has 1 saturated heterocycles. The van der Waals surface area contributed by atoms with Crippen LogP contribution >= 0.6 is 0 Å². The third-order valence-electron chi connectivity index (χ3n) is 3.03. The molecule has 1 amide bonds. The van der Waals surface area contributed by atoms with Crippen molar-refractivity contribution in [2.24, 2.45) is 5.92 Å². The number of carbonyl (C=O) groups excluding carboxylic acids is 1. The van der Waals surface area contributed by atoms with Crippen molar-refractivity contribution in [1.82, 2.24) is 4.90 Å². The van der Waals surface area contributed by atoms with E-state index in [1.54, 1.807) is 4.90 Å². The van der Waals surface area contributed by atoms with E-state index in [0.717, 1.165) is 6.42 Å². The second kappa shape index (κ2) is 5.10. The van der Waals surface area contributed by atoms with Crippen LogP contribution in [0.25, 0.3) is 0 Å². The molecule has 1 aromatic rings. The van der Waals surface area contributed by atoms with Crippen molar-refractivity contribution in [3.8, 4) is 0 Å². The molecule has 1 fully saturated rings. The smallest absolute Gasteiger partial charge is 0.223 e. The van der Waals surface area contributed by atoms with Gasteiger partial charge in [-0.3, -0.25) is 9.18 Å². The van der Waals surface area contributed by atoms with Gasteiger partial charge in [-0.05, 0) is 12.0 Å². The standard InChI is InChI=1S/C13H16FNO/c14-9-12-8-13(16)15(10-12)7-6-11-4-2-1-3-5-11/h1-5,12H,6-10H2. The van der Waals surface area contributed by atoms with Crippen LogP contribution in [0.1, 0.15) is 12.0 Å². The van der Waals surface area contributed by atoms with Gasteiger partial charge in [0.25, 0.3) is 0 Å². The van der Waals surface area contributed by atoms with Crippen molar-refractivity contribution in [3.63, 3.8) is 0 Å². The maximum atomic E-state index is 12.4. The summed E-state index contributed by atoms with van der Waals surface area (Å²) in [7, 11) is 0. The lowest BCUT2D eigenvalue weighted by Crippen LogP contribution is -2.27. The highest BCUT2D eigenvalue weighted by molar-refractivity contribution is 5.78. The summed E-state index contributed by atoms with van der Waals surface area (Å²) in [5.41, 5.74) is 1.22. The highest BCUT2D eigenvalue weighted by Crippen LogP contribution is 2.18. The maximum absolute atomic E-state index is 12.4. The lowest BCUT2D eigenvalue weighted by atomic mass is 10.1. The zero-order chi connectivity index (χ0) is 11.4. The molecule has 1 unspecified atom stereocenters. The van der Waals surface area contributed by atoms with E-state index in [1.807, 2.05) is 30.3 Å². The monoisotopic (exact) mass is 221 g/mol. The number of halogens is 1. The van der Waals surface area contributed by atoms with E-state index in [-0.39, 0.29) is 18.5 Å². The zero-order valence-electron chi connectivity index (χ0n) is 9.23. The average molecular weight is 221 g/mol. The molecule has 3 heteroatoms. The molecule has 1 atom stereocenters. The first-order valence-corrected chi connectivity index (χ1v) is 5.67. The highest BCUT2D eigenvalue weighted by atomic mass is 19.1. The summed E-state index contributed by atoms with van der Waals surface area (Å²) in [6.45, 7) is 0.912. The van der Waals surface area contributed by atoms with E-state index in [4.69, 9.17) is 0 Å². The van der Waals surface area contributed by atoms with Gasteiger partial charge < -0.3 is 4.90 Å². The maximum Gasteiger partial charge on any atom is 0.223 e. The van der Waals surface area contributed by atoms with Crippen molar-refractivity contribution < 1.29 is 9.18 Å². The van der Waals surface area contributed by atoms with Gasteiger partial charge in [0.15, 0.2) is 0 Å². The minimum absolute atomic E-state index is 0.0803. The highest BCUT2D eigenvalue weighted by Gasteiger charge is 2.28. The lowest BCUT2D eigenvalue weighted by Gasteiger charge is -2.15. The first-order chi connectivity index (χ1) is 7.79. The van der Waals surface area contributed by atoms with Crippen molar-refractivity contribution >= 4 is 5.91 Å². The first-order valence-electron chi connectivity index (χ1n) is 5.67. The van der Waals surface area contributed by atoms with Crippen LogP contribution in [0.2, 0.25) is 0 Å². The van der Waals surface area contributed by atoms with E-state index in [2.05, 4.69) is 0 Å². The molecule has 0 bridgehead atoms. The molecule has 0 aromatic heterocycles. The Hall–Kier alpha value is -1.38. The predicted octanol–water partition coefficient (Wildman–Crippen LogP) is 2.05. The SMILES string of the molecule is O=C1CC(CF)CN1CCc1ccccc1. The van der Waals surface area contributed by atoms with Gasteiger partial charge in [-0.15, -0.1) is 0 Å². The molecule has 1 aliphatic heterocycles. The lowest BCUT2D eigenvalue weighted by molar-refractivity contribution is -0.127. The van der Waals surface area contributed by atoms with Crippen LogP contribution in [0.4, 0.5) is 4.39 Å². The van der Waals surface area contributed by atoms with Gasteiger partial charge in [-0.1, -0.05) is 30.3 Å². The van der Waals surface area contributed by atoms with Gasteiger partial charge in [-0.25, -0.2) is 0 Å². The molecule has 0 N–H and O–H groups in total. The topological polar surface area (TPSA) is 20.3 Å². The zero-order valence-corrected chi connectivity index (χ0v) is 9.23. The molecule has 0 saturated carbocycles. The molecule has 2 rings (SSSR count). The molecule has 1 heterocycles. The third-order valence-corrected chi connectivity index (χ3v) is 3.03. The van der Waals surface area contributed by atoms with Gasteiger partial charge in [0.05, 0.1) is 6.67 Å². The molecule has 0 spiro atoms. The Labute approximate surface area is 95.1 Å². The fourth-order valence-electron chi connectivity index (χ4n) is 2.08. The molecule has 1 aliphatic rings. The van der Waals surface area contributed by atoms with Crippen LogP contribution < -0.4 is 0 Å². The first kappa shape index (κ1) is 11.1. The summed E-state index contributed by atoms with van der Waals surface area (Å²) >= 11 is 0. The molecule has 86 valence electrons. The molecule has 1 aromatic carbocycles. The van der Waals surface area contributed by atoms with E-state index in [1.165, 1.54) is 5.56 Å². The number of alkyl halides is 1. The number of rotatable bonds is 4. The van der Waals surface area contributed by atoms with E-state index >= 15 is 0 Å². The molecule has 16 heavy (non-hydrogen) atoms. The second-order valence-corrected chi connectivity index (χ2v) is 4.30. The predicted molar refractivity (Wildman–Crippen MR) is 60.8 cm³/mol. The van der Waals surface area contributed by atoms with Crippen LogP contribution in [0, 0.1) is 5.92 Å². The van der Waals surface area contributed by atoms with Crippen LogP contribution in [0.15, 0.2) is 30.3 Å². The Morgan fingerprint density at radius 2 is 2.06 bits per heavy atom. The normalized spacial score (nSPS) is 20.4. The number of hydrogen-bond donors (Lipinski definition) is 0. The summed E-state index contributed by atoms with van der Waals surface area (Å²) < 4.78 is 12.4. The summed E-state index contributed by atoms with van der Waals surface area (Å²) in [5.74, 6) is 0.0156. The Balaban J connectivity index is 1.85. The number of carbonyl (C=O) groups is 1. The number of likely N-dealkylation sites (tertiary alicyclic amines) is 1. The fourth-order valence-corrected chi connectivity index (χ4v) is 2.08. The number of nitrogens with zero attached hydrogens (tertiary/aromatic N) is 1. The number of amides is 1. The van der Waals surface area contributed by atoms with E-state index in [0.29, 0.717) is 19.5 Å². The Bertz CT molecular complexity index is 352. The third kappa shape index (κ3) is 2.60. The average Bonchev–Trinajstić information content (AvgIpc) is 2.69. The quantitative estimate of drug-likeness (QED) is 0.762. The Morgan fingerprint density at radius 1 is 1.31 bits per heavy atom. The van der Waals surface area contributed by atoms with E-state index in [9.17, 15) is 9.18 Å². The van der Waals surface area contributed by atoms with Crippen LogP contribution in [-0.4, -0.2) is 30.6 Å². The Morgan fingerprint density at radius 3 is 2.69 bits per heavy atom. The Kier molecular flexibility index (Phi) is 3.54. The van der Waals surface area contributed by atoms with Gasteiger partial charge >= 0.3 is 0 Å². The minimum Gasteiger partial charge on any atom is -0.342 e. The van der Waals surface area contributed by atoms with Gasteiger partial charge in [0.2, 0.25) is 5.91 Å². The van der Waals surface area contributed by atoms with Gasteiger partial charge in [-0.2, -0.15) is 0 Å². The van der Waals surface area contributed by atoms with E-state index < -0.39 is 0 Å². The summed E-state index contributed by atoms with van der Waals surface area (Å²) in [6.07, 6.45) is 1.23. The fraction of sp³-hybridized carbons (Fsp3) is 0.462. The molecule has 0 radical (unpaired) electrons.